The molecule has 2 heterocycles. The van der Waals surface area contributed by atoms with Crippen molar-refractivity contribution < 1.29 is 4.79 Å². The Hall–Kier alpha value is -2.14. The van der Waals surface area contributed by atoms with Gasteiger partial charge in [-0.25, -0.2) is 9.97 Å². The van der Waals surface area contributed by atoms with Gasteiger partial charge in [0.25, 0.3) is 5.91 Å². The van der Waals surface area contributed by atoms with E-state index in [0.717, 1.165) is 0 Å². The Morgan fingerprint density at radius 3 is 2.78 bits per heavy atom. The monoisotopic (exact) mass is 262 g/mol. The van der Waals surface area contributed by atoms with Crippen molar-refractivity contribution in [2.45, 2.75) is 0 Å². The number of aromatic nitrogens is 2. The zero-order valence-corrected chi connectivity index (χ0v) is 10.4. The molecule has 0 atom stereocenters. The summed E-state index contributed by atoms with van der Waals surface area (Å²) in [6, 6.07) is 6.68. The predicted octanol–water partition coefficient (Wildman–Crippen LogP) is 2.42. The lowest BCUT2D eigenvalue weighted by Gasteiger charge is -2.07. The van der Waals surface area contributed by atoms with Gasteiger partial charge in [0, 0.05) is 19.4 Å². The van der Waals surface area contributed by atoms with Crippen LogP contribution in [0.25, 0.3) is 0 Å². The minimum absolute atomic E-state index is 0.276. The van der Waals surface area contributed by atoms with E-state index in [-0.39, 0.29) is 5.91 Å². The first kappa shape index (κ1) is 12.3. The molecule has 2 aromatic heterocycles. The summed E-state index contributed by atoms with van der Waals surface area (Å²) < 4.78 is 0. The zero-order valence-electron chi connectivity index (χ0n) is 9.64. The topological polar surface area (TPSA) is 66.9 Å². The lowest BCUT2D eigenvalue weighted by Crippen LogP contribution is -2.15. The van der Waals surface area contributed by atoms with Gasteiger partial charge in [-0.1, -0.05) is 11.6 Å². The van der Waals surface area contributed by atoms with Gasteiger partial charge in [-0.3, -0.25) is 4.79 Å². The molecule has 0 saturated heterocycles. The maximum Gasteiger partial charge on any atom is 0.260 e. The molecule has 2 rings (SSSR count). The minimum Gasteiger partial charge on any atom is -0.372 e. The van der Waals surface area contributed by atoms with Crippen LogP contribution < -0.4 is 10.6 Å². The fourth-order valence-electron chi connectivity index (χ4n) is 1.42. The Bertz CT molecular complexity index is 556. The molecular formula is C12H11ClN4O. The molecule has 6 heteroatoms. The number of rotatable bonds is 3. The molecule has 0 aliphatic rings. The van der Waals surface area contributed by atoms with Crippen LogP contribution in [0.4, 0.5) is 11.6 Å². The van der Waals surface area contributed by atoms with Crippen molar-refractivity contribution >= 4 is 29.1 Å². The SMILES string of the molecule is CNc1ncccc1C(=O)Nc1ccc(Cl)cn1. The maximum atomic E-state index is 12.0. The van der Waals surface area contributed by atoms with Crippen LogP contribution in [0, 0.1) is 0 Å². The zero-order chi connectivity index (χ0) is 13.0. The molecule has 0 fully saturated rings. The van der Waals surface area contributed by atoms with E-state index in [4.69, 9.17) is 11.6 Å². The van der Waals surface area contributed by atoms with Gasteiger partial charge >= 0.3 is 0 Å². The Morgan fingerprint density at radius 2 is 2.11 bits per heavy atom. The van der Waals surface area contributed by atoms with Crippen LogP contribution in [0.2, 0.25) is 5.02 Å². The second kappa shape index (κ2) is 5.46. The van der Waals surface area contributed by atoms with Crippen molar-refractivity contribution in [3.05, 3.63) is 47.2 Å². The highest BCUT2D eigenvalue weighted by molar-refractivity contribution is 6.30. The first-order valence-corrected chi connectivity index (χ1v) is 5.64. The van der Waals surface area contributed by atoms with E-state index in [2.05, 4.69) is 20.6 Å². The first-order valence-electron chi connectivity index (χ1n) is 5.26. The van der Waals surface area contributed by atoms with E-state index < -0.39 is 0 Å². The van der Waals surface area contributed by atoms with Crippen molar-refractivity contribution in [3.8, 4) is 0 Å². The van der Waals surface area contributed by atoms with Crippen LogP contribution in [-0.4, -0.2) is 22.9 Å². The summed E-state index contributed by atoms with van der Waals surface area (Å²) >= 11 is 5.72. The summed E-state index contributed by atoms with van der Waals surface area (Å²) in [5, 5.41) is 6.05. The average molecular weight is 263 g/mol. The highest BCUT2D eigenvalue weighted by Crippen LogP contribution is 2.14. The summed E-state index contributed by atoms with van der Waals surface area (Å²) in [4.78, 5) is 20.1. The highest BCUT2D eigenvalue weighted by Gasteiger charge is 2.11. The predicted molar refractivity (Wildman–Crippen MR) is 71.0 cm³/mol. The third-order valence-corrected chi connectivity index (χ3v) is 2.48. The normalized spacial score (nSPS) is 9.89. The third-order valence-electron chi connectivity index (χ3n) is 2.26. The lowest BCUT2D eigenvalue weighted by molar-refractivity contribution is 0.102. The van der Waals surface area contributed by atoms with Crippen LogP contribution in [0.3, 0.4) is 0 Å². The molecule has 2 N–H and O–H groups in total. The lowest BCUT2D eigenvalue weighted by atomic mass is 10.2. The first-order chi connectivity index (χ1) is 8.70. The number of nitrogens with zero attached hydrogens (tertiary/aromatic N) is 2. The largest absolute Gasteiger partial charge is 0.372 e. The second-order valence-electron chi connectivity index (χ2n) is 3.47. The second-order valence-corrected chi connectivity index (χ2v) is 3.90. The molecular weight excluding hydrogens is 252 g/mol. The van der Waals surface area contributed by atoms with Crippen molar-refractivity contribution in [3.63, 3.8) is 0 Å². The number of hydrogen-bond donors (Lipinski definition) is 2. The Balaban J connectivity index is 2.19. The minimum atomic E-state index is -0.276. The Kier molecular flexibility index (Phi) is 3.74. The van der Waals surface area contributed by atoms with Crippen molar-refractivity contribution in [2.75, 3.05) is 17.7 Å². The standard InChI is InChI=1S/C12H11ClN4O/c1-14-11-9(3-2-6-15-11)12(18)17-10-5-4-8(13)7-16-10/h2-7H,1H3,(H,14,15)(H,16,17,18). The van der Waals surface area contributed by atoms with E-state index in [1.54, 1.807) is 37.5 Å². The van der Waals surface area contributed by atoms with Gasteiger partial charge in [-0.15, -0.1) is 0 Å². The molecule has 18 heavy (non-hydrogen) atoms. The van der Waals surface area contributed by atoms with E-state index in [0.29, 0.717) is 22.2 Å². The average Bonchev–Trinajstić information content (AvgIpc) is 2.41. The molecule has 0 aromatic carbocycles. The van der Waals surface area contributed by atoms with Gasteiger partial charge in [0.1, 0.15) is 11.6 Å². The van der Waals surface area contributed by atoms with Gasteiger partial charge in [-0.05, 0) is 24.3 Å². The summed E-state index contributed by atoms with van der Waals surface area (Å²) in [5.74, 6) is 0.682. The number of amides is 1. The van der Waals surface area contributed by atoms with Gasteiger partial charge in [-0.2, -0.15) is 0 Å². The highest BCUT2D eigenvalue weighted by atomic mass is 35.5. The Morgan fingerprint density at radius 1 is 1.28 bits per heavy atom. The van der Waals surface area contributed by atoms with Gasteiger partial charge < -0.3 is 10.6 Å². The molecule has 0 unspecified atom stereocenters. The third kappa shape index (κ3) is 2.75. The molecule has 0 radical (unpaired) electrons. The molecule has 92 valence electrons. The van der Waals surface area contributed by atoms with Crippen LogP contribution in [0.15, 0.2) is 36.7 Å². The van der Waals surface area contributed by atoms with Crippen LogP contribution in [-0.2, 0) is 0 Å². The number of carbonyl (C=O) groups is 1. The molecule has 0 bridgehead atoms. The van der Waals surface area contributed by atoms with Gasteiger partial charge in [0.2, 0.25) is 0 Å². The van der Waals surface area contributed by atoms with E-state index in [9.17, 15) is 4.79 Å². The number of anilines is 2. The number of pyridine rings is 2. The van der Waals surface area contributed by atoms with Crippen molar-refractivity contribution in [2.24, 2.45) is 0 Å². The maximum absolute atomic E-state index is 12.0. The molecule has 1 amide bonds. The van der Waals surface area contributed by atoms with E-state index >= 15 is 0 Å². The van der Waals surface area contributed by atoms with Crippen LogP contribution in [0.1, 0.15) is 10.4 Å². The van der Waals surface area contributed by atoms with Gasteiger partial charge in [0.05, 0.1) is 10.6 Å². The number of nitrogens with one attached hydrogen (secondary N) is 2. The van der Waals surface area contributed by atoms with Crippen molar-refractivity contribution in [1.29, 1.82) is 0 Å². The fourth-order valence-corrected chi connectivity index (χ4v) is 1.53. The number of hydrogen-bond acceptors (Lipinski definition) is 4. The Labute approximate surface area is 109 Å². The van der Waals surface area contributed by atoms with Gasteiger partial charge in [0.15, 0.2) is 0 Å². The number of carbonyl (C=O) groups excluding carboxylic acids is 1. The molecule has 2 aromatic rings. The molecule has 0 aliphatic carbocycles. The summed E-state index contributed by atoms with van der Waals surface area (Å²) in [6.07, 6.45) is 3.09. The quantitative estimate of drug-likeness (QED) is 0.892. The smallest absolute Gasteiger partial charge is 0.260 e. The summed E-state index contributed by atoms with van der Waals surface area (Å²) in [5.41, 5.74) is 0.455. The van der Waals surface area contributed by atoms with Crippen LogP contribution in [0.5, 0.6) is 0 Å². The number of halogens is 1. The summed E-state index contributed by atoms with van der Waals surface area (Å²) in [6.45, 7) is 0. The molecule has 0 saturated carbocycles. The molecule has 0 spiro atoms. The van der Waals surface area contributed by atoms with E-state index in [1.807, 2.05) is 0 Å². The van der Waals surface area contributed by atoms with E-state index in [1.165, 1.54) is 6.20 Å². The molecule has 0 aliphatic heterocycles. The van der Waals surface area contributed by atoms with Crippen molar-refractivity contribution in [1.82, 2.24) is 9.97 Å². The molecule has 5 nitrogen and oxygen atoms in total. The van der Waals surface area contributed by atoms with Crippen LogP contribution >= 0.6 is 11.6 Å². The fraction of sp³-hybridized carbons (Fsp3) is 0.0833. The summed E-state index contributed by atoms with van der Waals surface area (Å²) in [7, 11) is 1.71.